The zero-order chi connectivity index (χ0) is 30.2. The molecule has 10 heteroatoms. The number of aromatic nitrogens is 1. The number of imide groups is 3. The van der Waals surface area contributed by atoms with Gasteiger partial charge < -0.3 is 14.2 Å². The van der Waals surface area contributed by atoms with Gasteiger partial charge in [-0.05, 0) is 108 Å². The number of fused-ring (bicyclic) bond motifs is 1. The maximum absolute atomic E-state index is 14.2. The van der Waals surface area contributed by atoms with Crippen molar-refractivity contribution in [2.75, 3.05) is 0 Å². The summed E-state index contributed by atoms with van der Waals surface area (Å²) in [6.45, 7) is 14.9. The Morgan fingerprint density at radius 1 is 0.725 bits per heavy atom. The lowest BCUT2D eigenvalue weighted by Crippen LogP contribution is -2.47. The van der Waals surface area contributed by atoms with E-state index >= 15 is 0 Å². The highest BCUT2D eigenvalue weighted by Gasteiger charge is 2.38. The van der Waals surface area contributed by atoms with Gasteiger partial charge in [-0.15, -0.1) is 4.90 Å². The lowest BCUT2D eigenvalue weighted by Gasteiger charge is -2.28. The van der Waals surface area contributed by atoms with Crippen molar-refractivity contribution in [3.63, 3.8) is 0 Å². The van der Waals surface area contributed by atoms with Crippen molar-refractivity contribution in [2.45, 2.75) is 79.1 Å². The van der Waals surface area contributed by atoms with E-state index in [-0.39, 0.29) is 11.1 Å². The molecule has 0 spiro atoms. The molecule has 0 aliphatic rings. The number of carbonyl (C=O) groups is 4. The summed E-state index contributed by atoms with van der Waals surface area (Å²) in [7, 11) is 0. The third-order valence-electron chi connectivity index (χ3n) is 5.13. The number of amides is 3. The van der Waals surface area contributed by atoms with Crippen LogP contribution >= 0.6 is 22.6 Å². The molecule has 0 aliphatic heterocycles. The van der Waals surface area contributed by atoms with Gasteiger partial charge in [-0.1, -0.05) is 30.3 Å². The maximum atomic E-state index is 14.2. The van der Waals surface area contributed by atoms with Gasteiger partial charge in [0.25, 0.3) is 5.91 Å². The Hall–Kier alpha value is -3.41. The van der Waals surface area contributed by atoms with E-state index in [1.165, 1.54) is 4.57 Å². The molecule has 0 saturated carbocycles. The molecule has 3 aromatic rings. The van der Waals surface area contributed by atoms with Gasteiger partial charge in [0, 0.05) is 15.2 Å². The van der Waals surface area contributed by atoms with E-state index < -0.39 is 41.0 Å². The van der Waals surface area contributed by atoms with E-state index in [9.17, 15) is 19.2 Å². The van der Waals surface area contributed by atoms with Crippen LogP contribution in [0.4, 0.5) is 14.4 Å². The number of carbonyl (C=O) groups excluding carboxylic acids is 4. The summed E-state index contributed by atoms with van der Waals surface area (Å²) in [5.74, 6) is -1.01. The van der Waals surface area contributed by atoms with E-state index in [4.69, 9.17) is 14.2 Å². The summed E-state index contributed by atoms with van der Waals surface area (Å²) < 4.78 is 18.3. The second-order valence-electron chi connectivity index (χ2n) is 12.2. The van der Waals surface area contributed by atoms with Gasteiger partial charge in [-0.25, -0.2) is 14.4 Å². The van der Waals surface area contributed by atoms with Crippen LogP contribution in [-0.2, 0) is 14.2 Å². The molecule has 3 amide bonds. The molecule has 214 valence electrons. The molecule has 0 radical (unpaired) electrons. The van der Waals surface area contributed by atoms with Crippen molar-refractivity contribution in [1.82, 2.24) is 9.47 Å². The van der Waals surface area contributed by atoms with Gasteiger partial charge in [0.2, 0.25) is 0 Å². The fourth-order valence-electron chi connectivity index (χ4n) is 3.71. The van der Waals surface area contributed by atoms with Crippen LogP contribution in [0.5, 0.6) is 0 Å². The van der Waals surface area contributed by atoms with Crippen LogP contribution in [0.3, 0.4) is 0 Å². The van der Waals surface area contributed by atoms with Crippen molar-refractivity contribution in [3.05, 3.63) is 57.8 Å². The van der Waals surface area contributed by atoms with Crippen molar-refractivity contribution >= 4 is 57.7 Å². The molecule has 0 saturated heterocycles. The molecule has 0 unspecified atom stereocenters. The van der Waals surface area contributed by atoms with E-state index in [1.807, 2.05) is 36.4 Å². The standard InChI is InChI=1S/C30H35IN2O7/c1-28(2,3)38-25(35)32-17-22(31)20-15-19(18-13-11-10-12-14-18)16-21(23(20)32)24(34)33(26(36)39-29(4,5)6)27(37)40-30(7,8)9/h10-17H,1-9H3. The minimum Gasteiger partial charge on any atom is -0.443 e. The van der Waals surface area contributed by atoms with E-state index in [0.717, 1.165) is 5.56 Å². The molecule has 1 aromatic heterocycles. The Morgan fingerprint density at radius 3 is 1.70 bits per heavy atom. The number of halogens is 1. The summed E-state index contributed by atoms with van der Waals surface area (Å²) >= 11 is 2.07. The third kappa shape index (κ3) is 7.61. The monoisotopic (exact) mass is 662 g/mol. The van der Waals surface area contributed by atoms with E-state index in [1.54, 1.807) is 74.6 Å². The number of nitrogens with zero attached hydrogens (tertiary/aromatic N) is 2. The van der Waals surface area contributed by atoms with Crippen molar-refractivity contribution in [1.29, 1.82) is 0 Å². The molecule has 3 rings (SSSR count). The molecule has 0 bridgehead atoms. The van der Waals surface area contributed by atoms with Gasteiger partial charge in [-0.3, -0.25) is 9.36 Å². The van der Waals surface area contributed by atoms with Gasteiger partial charge in [0.1, 0.15) is 16.8 Å². The number of benzene rings is 2. The summed E-state index contributed by atoms with van der Waals surface area (Å²) in [6.07, 6.45) is -1.57. The molecule has 40 heavy (non-hydrogen) atoms. The molecule has 0 fully saturated rings. The van der Waals surface area contributed by atoms with Crippen molar-refractivity contribution in [3.8, 4) is 11.1 Å². The lowest BCUT2D eigenvalue weighted by atomic mass is 9.99. The first kappa shape index (κ1) is 31.1. The number of rotatable bonds is 2. The normalized spacial score (nSPS) is 12.2. The SMILES string of the molecule is CC(C)(C)OC(=O)N(C(=O)OC(C)(C)C)C(=O)c1cc(-c2ccccc2)cc2c(I)cn(C(=O)OC(C)(C)C)c12. The second-order valence-corrected chi connectivity index (χ2v) is 13.4. The van der Waals surface area contributed by atoms with Crippen LogP contribution in [0.1, 0.15) is 72.7 Å². The smallest absolute Gasteiger partial charge is 0.427 e. The molecule has 0 atom stereocenters. The molecular weight excluding hydrogens is 627 g/mol. The van der Waals surface area contributed by atoms with Crippen LogP contribution in [0.25, 0.3) is 22.0 Å². The Bertz CT molecular complexity index is 1430. The maximum Gasteiger partial charge on any atom is 0.427 e. The predicted octanol–water partition coefficient (Wildman–Crippen LogP) is 8.01. The third-order valence-corrected chi connectivity index (χ3v) is 5.99. The van der Waals surface area contributed by atoms with Crippen LogP contribution in [-0.4, -0.2) is 50.5 Å². The summed E-state index contributed by atoms with van der Waals surface area (Å²) in [5.41, 5.74) is -1.30. The summed E-state index contributed by atoms with van der Waals surface area (Å²) in [6, 6.07) is 12.7. The van der Waals surface area contributed by atoms with Gasteiger partial charge in [-0.2, -0.15) is 0 Å². The van der Waals surface area contributed by atoms with Crippen LogP contribution in [0, 0.1) is 3.57 Å². The zero-order valence-electron chi connectivity index (χ0n) is 24.2. The Balaban J connectivity index is 2.33. The molecule has 2 aromatic carbocycles. The zero-order valence-corrected chi connectivity index (χ0v) is 26.4. The van der Waals surface area contributed by atoms with Gasteiger partial charge in [0.05, 0.1) is 11.1 Å². The van der Waals surface area contributed by atoms with Crippen molar-refractivity contribution < 1.29 is 33.4 Å². The second kappa shape index (κ2) is 11.2. The Kier molecular flexibility index (Phi) is 8.73. The largest absolute Gasteiger partial charge is 0.443 e. The topological polar surface area (TPSA) is 104 Å². The van der Waals surface area contributed by atoms with E-state index in [0.29, 0.717) is 19.4 Å². The van der Waals surface area contributed by atoms with Crippen LogP contribution in [0.15, 0.2) is 48.7 Å². The molecular formula is C30H35IN2O7. The fourth-order valence-corrected chi connectivity index (χ4v) is 4.40. The number of ether oxygens (including phenoxy) is 3. The van der Waals surface area contributed by atoms with Crippen LogP contribution in [0.2, 0.25) is 0 Å². The van der Waals surface area contributed by atoms with Gasteiger partial charge in [0.15, 0.2) is 0 Å². The minimum absolute atomic E-state index is 0.0816. The predicted molar refractivity (Wildman–Crippen MR) is 160 cm³/mol. The Labute approximate surface area is 247 Å². The highest BCUT2D eigenvalue weighted by atomic mass is 127. The highest BCUT2D eigenvalue weighted by Crippen LogP contribution is 2.34. The van der Waals surface area contributed by atoms with Crippen molar-refractivity contribution in [2.24, 2.45) is 0 Å². The van der Waals surface area contributed by atoms with Gasteiger partial charge >= 0.3 is 18.3 Å². The van der Waals surface area contributed by atoms with Crippen LogP contribution < -0.4 is 0 Å². The van der Waals surface area contributed by atoms with E-state index in [2.05, 4.69) is 22.6 Å². The average molecular weight is 663 g/mol. The first-order valence-corrected chi connectivity index (χ1v) is 13.8. The molecule has 0 N–H and O–H groups in total. The lowest BCUT2D eigenvalue weighted by molar-refractivity contribution is 0.00399. The number of hydrogen-bond donors (Lipinski definition) is 0. The quantitative estimate of drug-likeness (QED) is 0.202. The molecule has 0 aliphatic carbocycles. The first-order chi connectivity index (χ1) is 18.3. The number of hydrogen-bond acceptors (Lipinski definition) is 7. The highest BCUT2D eigenvalue weighted by molar-refractivity contribution is 14.1. The molecule has 9 nitrogen and oxygen atoms in total. The molecule has 1 heterocycles. The summed E-state index contributed by atoms with van der Waals surface area (Å²) in [5, 5.41) is 0.560. The fraction of sp³-hybridized carbons (Fsp3) is 0.400. The minimum atomic E-state index is -1.20. The first-order valence-electron chi connectivity index (χ1n) is 12.7. The average Bonchev–Trinajstić information content (AvgIpc) is 3.12. The Morgan fingerprint density at radius 2 is 1.23 bits per heavy atom. The summed E-state index contributed by atoms with van der Waals surface area (Å²) in [4.78, 5) is 54.4.